The van der Waals surface area contributed by atoms with Crippen molar-refractivity contribution in [2.75, 3.05) is 13.2 Å². The molecule has 0 saturated heterocycles. The Hall–Kier alpha value is -1.24. The van der Waals surface area contributed by atoms with Crippen LogP contribution in [-0.4, -0.2) is 28.5 Å². The Bertz CT molecular complexity index is 559. The fourth-order valence-corrected chi connectivity index (χ4v) is 2.39. The van der Waals surface area contributed by atoms with Gasteiger partial charge < -0.3 is 14.8 Å². The molecule has 0 saturated carbocycles. The van der Waals surface area contributed by atoms with Gasteiger partial charge >= 0.3 is 0 Å². The van der Waals surface area contributed by atoms with Crippen LogP contribution in [0.1, 0.15) is 25.7 Å². The number of hydrogen-bond acceptors (Lipinski definition) is 5. The molecule has 0 aliphatic carbocycles. The maximum atomic E-state index is 8.95. The topological polar surface area (TPSA) is 71.2 Å². The Morgan fingerprint density at radius 1 is 1.33 bits per heavy atom. The normalized spacial score (nSPS) is 12.5. The number of nitrogens with one attached hydrogen (secondary N) is 1. The highest BCUT2D eigenvalue weighted by Crippen LogP contribution is 2.26. The zero-order valence-corrected chi connectivity index (χ0v) is 13.6. The van der Waals surface area contributed by atoms with Gasteiger partial charge in [-0.3, -0.25) is 0 Å². The van der Waals surface area contributed by atoms with Gasteiger partial charge in [0.2, 0.25) is 11.8 Å². The van der Waals surface area contributed by atoms with Gasteiger partial charge in [0.05, 0.1) is 12.1 Å². The summed E-state index contributed by atoms with van der Waals surface area (Å²) in [5, 5.41) is 20.3. The molecule has 1 aromatic heterocycles. The Labute approximate surface area is 132 Å². The van der Waals surface area contributed by atoms with Gasteiger partial charge in [-0.2, -0.15) is 0 Å². The number of aromatic nitrogens is 2. The molecule has 1 unspecified atom stereocenters. The highest BCUT2D eigenvalue weighted by Gasteiger charge is 2.10. The fraction of sp³-hybridized carbons (Fsp3) is 0.467. The summed E-state index contributed by atoms with van der Waals surface area (Å²) in [7, 11) is 0. The summed E-state index contributed by atoms with van der Waals surface area (Å²) in [5.74, 6) is 1.46. The van der Waals surface area contributed by atoms with Gasteiger partial charge in [0.25, 0.3) is 0 Å². The van der Waals surface area contributed by atoms with E-state index in [2.05, 4.69) is 31.4 Å². The highest BCUT2D eigenvalue weighted by atomic mass is 79.9. The maximum absolute atomic E-state index is 8.95. The fourth-order valence-electron chi connectivity index (χ4n) is 1.93. The third kappa shape index (κ3) is 4.91. The van der Waals surface area contributed by atoms with Crippen LogP contribution in [0.25, 0.3) is 11.5 Å². The first-order valence-corrected chi connectivity index (χ1v) is 7.89. The molecule has 5 nitrogen and oxygen atoms in total. The number of rotatable bonds is 8. The summed E-state index contributed by atoms with van der Waals surface area (Å²) in [6.07, 6.45) is 2.03. The average molecular weight is 354 g/mol. The van der Waals surface area contributed by atoms with E-state index in [1.165, 1.54) is 0 Å². The van der Waals surface area contributed by atoms with Crippen molar-refractivity contribution in [2.24, 2.45) is 5.92 Å². The largest absolute Gasteiger partial charge is 0.419 e. The maximum Gasteiger partial charge on any atom is 0.248 e. The molecule has 21 heavy (non-hydrogen) atoms. The van der Waals surface area contributed by atoms with E-state index >= 15 is 0 Å². The van der Waals surface area contributed by atoms with Crippen LogP contribution < -0.4 is 5.32 Å². The second-order valence-electron chi connectivity index (χ2n) is 5.09. The van der Waals surface area contributed by atoms with E-state index in [9.17, 15) is 0 Å². The SMILES string of the molecule is CC(CO)CCCNCc1nnc(-c2ccccc2Br)o1. The van der Waals surface area contributed by atoms with Gasteiger partial charge in [-0.25, -0.2) is 0 Å². The quantitative estimate of drug-likeness (QED) is 0.713. The zero-order chi connectivity index (χ0) is 15.1. The van der Waals surface area contributed by atoms with Crippen LogP contribution in [-0.2, 0) is 6.54 Å². The summed E-state index contributed by atoms with van der Waals surface area (Å²) in [6.45, 7) is 3.73. The molecule has 1 aromatic carbocycles. The molecule has 2 rings (SSSR count). The lowest BCUT2D eigenvalue weighted by Gasteiger charge is -2.06. The Morgan fingerprint density at radius 3 is 2.90 bits per heavy atom. The molecule has 2 N–H and O–H groups in total. The summed E-state index contributed by atoms with van der Waals surface area (Å²) in [5.41, 5.74) is 0.896. The van der Waals surface area contributed by atoms with Gasteiger partial charge in [-0.05, 0) is 53.4 Å². The van der Waals surface area contributed by atoms with Gasteiger partial charge in [0, 0.05) is 11.1 Å². The monoisotopic (exact) mass is 353 g/mol. The van der Waals surface area contributed by atoms with E-state index < -0.39 is 0 Å². The minimum atomic E-state index is 0.249. The van der Waals surface area contributed by atoms with Crippen molar-refractivity contribution in [3.8, 4) is 11.5 Å². The predicted molar refractivity (Wildman–Crippen MR) is 84.6 cm³/mol. The van der Waals surface area contributed by atoms with Gasteiger partial charge in [-0.1, -0.05) is 19.1 Å². The molecule has 0 aliphatic heterocycles. The van der Waals surface area contributed by atoms with E-state index in [-0.39, 0.29) is 6.61 Å². The minimum absolute atomic E-state index is 0.249. The Morgan fingerprint density at radius 2 is 2.14 bits per heavy atom. The second kappa shape index (κ2) is 8.26. The molecule has 1 atom stereocenters. The average Bonchev–Trinajstić information content (AvgIpc) is 2.95. The summed E-state index contributed by atoms with van der Waals surface area (Å²) in [4.78, 5) is 0. The van der Waals surface area contributed by atoms with Crippen LogP contribution in [0.2, 0.25) is 0 Å². The van der Waals surface area contributed by atoms with Gasteiger partial charge in [0.15, 0.2) is 0 Å². The molecule has 0 amide bonds. The molecule has 114 valence electrons. The van der Waals surface area contributed by atoms with Crippen molar-refractivity contribution < 1.29 is 9.52 Å². The Kier molecular flexibility index (Phi) is 6.35. The number of halogens is 1. The number of hydrogen-bond donors (Lipinski definition) is 2. The third-order valence-corrected chi connectivity index (χ3v) is 3.90. The van der Waals surface area contributed by atoms with Crippen molar-refractivity contribution in [3.63, 3.8) is 0 Å². The van der Waals surface area contributed by atoms with Crippen molar-refractivity contribution in [2.45, 2.75) is 26.3 Å². The smallest absolute Gasteiger partial charge is 0.248 e. The van der Waals surface area contributed by atoms with Crippen LogP contribution >= 0.6 is 15.9 Å². The second-order valence-corrected chi connectivity index (χ2v) is 5.94. The van der Waals surface area contributed by atoms with Crippen molar-refractivity contribution in [1.29, 1.82) is 0 Å². The molecular weight excluding hydrogens is 334 g/mol. The van der Waals surface area contributed by atoms with E-state index in [4.69, 9.17) is 9.52 Å². The van der Waals surface area contributed by atoms with E-state index in [1.54, 1.807) is 0 Å². The van der Waals surface area contributed by atoms with Crippen molar-refractivity contribution in [3.05, 3.63) is 34.6 Å². The van der Waals surface area contributed by atoms with E-state index in [0.717, 1.165) is 29.4 Å². The summed E-state index contributed by atoms with van der Waals surface area (Å²) in [6, 6.07) is 7.76. The zero-order valence-electron chi connectivity index (χ0n) is 12.1. The first kappa shape index (κ1) is 16.1. The molecule has 2 aromatic rings. The molecule has 6 heteroatoms. The van der Waals surface area contributed by atoms with E-state index in [1.807, 2.05) is 31.2 Å². The lowest BCUT2D eigenvalue weighted by Crippen LogP contribution is -2.16. The van der Waals surface area contributed by atoms with Gasteiger partial charge in [0.1, 0.15) is 0 Å². The lowest BCUT2D eigenvalue weighted by molar-refractivity contribution is 0.228. The molecule has 0 bridgehead atoms. The molecule has 0 aliphatic rings. The van der Waals surface area contributed by atoms with Crippen LogP contribution in [0.3, 0.4) is 0 Å². The highest BCUT2D eigenvalue weighted by molar-refractivity contribution is 9.10. The molecule has 0 spiro atoms. The molecule has 0 radical (unpaired) electrons. The third-order valence-electron chi connectivity index (χ3n) is 3.21. The lowest BCUT2D eigenvalue weighted by atomic mass is 10.1. The van der Waals surface area contributed by atoms with Crippen LogP contribution in [0.4, 0.5) is 0 Å². The molecule has 0 fully saturated rings. The molecular formula is C15H20BrN3O2. The summed E-state index contributed by atoms with van der Waals surface area (Å²) < 4.78 is 6.58. The first-order chi connectivity index (χ1) is 10.2. The molecule has 1 heterocycles. The van der Waals surface area contributed by atoms with Crippen LogP contribution in [0, 0.1) is 5.92 Å². The number of aliphatic hydroxyl groups excluding tert-OH is 1. The first-order valence-electron chi connectivity index (χ1n) is 7.09. The standard InChI is InChI=1S/C15H20BrN3O2/c1-11(10-20)5-4-8-17-9-14-18-19-15(21-14)12-6-2-3-7-13(12)16/h2-3,6-7,11,17,20H,4-5,8-10H2,1H3. The summed E-state index contributed by atoms with van der Waals surface area (Å²) >= 11 is 3.47. The van der Waals surface area contributed by atoms with Crippen LogP contribution in [0.5, 0.6) is 0 Å². The number of nitrogens with zero attached hydrogens (tertiary/aromatic N) is 2. The number of aliphatic hydroxyl groups is 1. The predicted octanol–water partition coefficient (Wildman–Crippen LogP) is 3.00. The van der Waals surface area contributed by atoms with Crippen LogP contribution in [0.15, 0.2) is 33.2 Å². The van der Waals surface area contributed by atoms with E-state index in [0.29, 0.717) is 24.2 Å². The Balaban J connectivity index is 1.80. The van der Waals surface area contributed by atoms with Gasteiger partial charge in [-0.15, -0.1) is 10.2 Å². The number of benzene rings is 1. The minimum Gasteiger partial charge on any atom is -0.419 e. The van der Waals surface area contributed by atoms with Crippen molar-refractivity contribution in [1.82, 2.24) is 15.5 Å². The van der Waals surface area contributed by atoms with Crippen molar-refractivity contribution >= 4 is 15.9 Å².